The van der Waals surface area contributed by atoms with Gasteiger partial charge >= 0.3 is 6.18 Å². The van der Waals surface area contributed by atoms with Gasteiger partial charge in [-0.3, -0.25) is 0 Å². The number of nitrogens with one attached hydrogen (secondary N) is 1. The molecule has 1 aliphatic rings. The molecule has 0 aromatic heterocycles. The molecule has 0 aliphatic carbocycles. The van der Waals surface area contributed by atoms with Crippen LogP contribution in [0.5, 0.6) is 0 Å². The Balaban J connectivity index is 2.14. The summed E-state index contributed by atoms with van der Waals surface area (Å²) < 4.78 is 68.0. The summed E-state index contributed by atoms with van der Waals surface area (Å²) in [4.78, 5) is 0. The van der Waals surface area contributed by atoms with Crippen LogP contribution >= 0.6 is 0 Å². The van der Waals surface area contributed by atoms with Crippen LogP contribution in [0.1, 0.15) is 24.8 Å². The summed E-state index contributed by atoms with van der Waals surface area (Å²) in [6, 6.07) is 8.57. The fourth-order valence-corrected chi connectivity index (χ4v) is 4.01. The second-order valence-corrected chi connectivity index (χ2v) is 8.11. The van der Waals surface area contributed by atoms with Gasteiger partial charge in [0.1, 0.15) is 5.60 Å². The largest absolute Gasteiger partial charge is 0.390 e. The average Bonchev–Trinajstić information content (AvgIpc) is 2.59. The van der Waals surface area contributed by atoms with Crippen molar-refractivity contribution in [3.8, 4) is 0 Å². The minimum atomic E-state index is -4.55. The van der Waals surface area contributed by atoms with Crippen molar-refractivity contribution in [2.24, 2.45) is 5.92 Å². The molecule has 5 nitrogen and oxygen atoms in total. The Kier molecular flexibility index (Phi) is 6.47. The minimum absolute atomic E-state index is 0.256. The molecular weight excluding hydrogens is 359 g/mol. The summed E-state index contributed by atoms with van der Waals surface area (Å²) in [7, 11) is -4.16. The van der Waals surface area contributed by atoms with Crippen LogP contribution in [-0.2, 0) is 20.4 Å². The van der Waals surface area contributed by atoms with Crippen LogP contribution in [-0.4, -0.2) is 45.2 Å². The van der Waals surface area contributed by atoms with E-state index in [1.807, 2.05) is 0 Å². The molecule has 1 aromatic rings. The zero-order chi connectivity index (χ0) is 18.6. The third-order valence-corrected chi connectivity index (χ3v) is 5.71. The molecule has 9 heteroatoms. The van der Waals surface area contributed by atoms with E-state index in [-0.39, 0.29) is 12.5 Å². The van der Waals surface area contributed by atoms with Gasteiger partial charge < -0.3 is 9.84 Å². The third-order valence-electron chi connectivity index (χ3n) is 4.39. The molecule has 0 unspecified atom stereocenters. The van der Waals surface area contributed by atoms with E-state index >= 15 is 0 Å². The molecule has 142 valence electrons. The van der Waals surface area contributed by atoms with Crippen molar-refractivity contribution < 1.29 is 31.4 Å². The number of hydrogen-bond donors (Lipinski definition) is 2. The maximum absolute atomic E-state index is 12.3. The van der Waals surface area contributed by atoms with E-state index < -0.39 is 34.0 Å². The van der Waals surface area contributed by atoms with Crippen molar-refractivity contribution in [3.05, 3.63) is 35.9 Å². The van der Waals surface area contributed by atoms with E-state index in [0.29, 0.717) is 31.6 Å². The van der Waals surface area contributed by atoms with Gasteiger partial charge in [0.25, 0.3) is 0 Å². The standard InChI is InChI=1S/C16H22F3NO4S/c17-16(18,19)8-11-25(22,23)20-12-15(21,13-4-2-1-3-5-13)14-6-9-24-10-7-14/h1-5,14,20-21H,6-12H2/t15-/m0/s1. The Morgan fingerprint density at radius 1 is 1.16 bits per heavy atom. The SMILES string of the molecule is O=S(=O)(CCC(F)(F)F)NC[C@](O)(c1ccccc1)C1CCOCC1. The number of aliphatic hydroxyl groups is 1. The summed E-state index contributed by atoms with van der Waals surface area (Å²) in [5.74, 6) is -1.32. The highest BCUT2D eigenvalue weighted by molar-refractivity contribution is 7.89. The Morgan fingerprint density at radius 2 is 1.76 bits per heavy atom. The van der Waals surface area contributed by atoms with E-state index in [4.69, 9.17) is 4.74 Å². The second-order valence-electron chi connectivity index (χ2n) is 6.18. The predicted molar refractivity (Wildman–Crippen MR) is 86.3 cm³/mol. The summed E-state index contributed by atoms with van der Waals surface area (Å²) >= 11 is 0. The van der Waals surface area contributed by atoms with Gasteiger partial charge in [0.2, 0.25) is 10.0 Å². The first-order chi connectivity index (χ1) is 11.6. The number of hydrogen-bond acceptors (Lipinski definition) is 4. The van der Waals surface area contributed by atoms with E-state index in [1.54, 1.807) is 30.3 Å². The number of rotatable bonds is 7. The topological polar surface area (TPSA) is 75.6 Å². The van der Waals surface area contributed by atoms with Gasteiger partial charge in [0.15, 0.2) is 0 Å². The van der Waals surface area contributed by atoms with Crippen molar-refractivity contribution in [3.63, 3.8) is 0 Å². The summed E-state index contributed by atoms with van der Waals surface area (Å²) in [5.41, 5.74) is -0.975. The van der Waals surface area contributed by atoms with Crippen LogP contribution in [0, 0.1) is 5.92 Å². The second kappa shape index (κ2) is 8.03. The molecule has 0 radical (unpaired) electrons. The number of benzene rings is 1. The lowest BCUT2D eigenvalue weighted by molar-refractivity contribution is -0.130. The first-order valence-electron chi connectivity index (χ1n) is 8.02. The summed E-state index contributed by atoms with van der Waals surface area (Å²) in [5, 5.41) is 11.2. The highest BCUT2D eigenvalue weighted by Gasteiger charge is 2.40. The third kappa shape index (κ3) is 5.95. The van der Waals surface area contributed by atoms with E-state index in [2.05, 4.69) is 4.72 Å². The molecule has 2 N–H and O–H groups in total. The van der Waals surface area contributed by atoms with Crippen LogP contribution in [0.15, 0.2) is 30.3 Å². The Hall–Kier alpha value is -1.16. The normalized spacial score (nSPS) is 19.5. The van der Waals surface area contributed by atoms with Gasteiger partial charge in [-0.05, 0) is 24.3 Å². The zero-order valence-corrected chi connectivity index (χ0v) is 14.4. The van der Waals surface area contributed by atoms with Gasteiger partial charge in [-0.1, -0.05) is 30.3 Å². The Morgan fingerprint density at radius 3 is 2.32 bits per heavy atom. The molecule has 1 aliphatic heterocycles. The predicted octanol–water partition coefficient (Wildman–Crippen LogP) is 2.17. The Bertz CT molecular complexity index is 645. The Labute approximate surface area is 145 Å². The van der Waals surface area contributed by atoms with Gasteiger partial charge in [-0.15, -0.1) is 0 Å². The number of ether oxygens (including phenoxy) is 1. The first kappa shape index (κ1) is 20.2. The van der Waals surface area contributed by atoms with Crippen LogP contribution in [0.2, 0.25) is 0 Å². The zero-order valence-electron chi connectivity index (χ0n) is 13.6. The number of halogens is 3. The smallest absolute Gasteiger partial charge is 0.383 e. The van der Waals surface area contributed by atoms with Gasteiger partial charge in [-0.25, -0.2) is 13.1 Å². The summed E-state index contributed by atoms with van der Waals surface area (Å²) in [6.45, 7) is 0.517. The number of alkyl halides is 3. The van der Waals surface area contributed by atoms with Crippen molar-refractivity contribution in [1.82, 2.24) is 4.72 Å². The molecule has 0 amide bonds. The van der Waals surface area contributed by atoms with Crippen LogP contribution < -0.4 is 4.72 Å². The fraction of sp³-hybridized carbons (Fsp3) is 0.625. The van der Waals surface area contributed by atoms with Crippen LogP contribution in [0.4, 0.5) is 13.2 Å². The van der Waals surface area contributed by atoms with E-state index in [1.165, 1.54) is 0 Å². The molecule has 0 saturated carbocycles. The lowest BCUT2D eigenvalue weighted by atomic mass is 9.77. The monoisotopic (exact) mass is 381 g/mol. The summed E-state index contributed by atoms with van der Waals surface area (Å²) in [6.07, 6.45) is -4.90. The molecule has 0 bridgehead atoms. The van der Waals surface area contributed by atoms with Crippen molar-refractivity contribution in [1.29, 1.82) is 0 Å². The highest BCUT2D eigenvalue weighted by atomic mass is 32.2. The molecule has 1 atom stereocenters. The molecule has 1 aromatic carbocycles. The van der Waals surface area contributed by atoms with Crippen molar-refractivity contribution in [2.45, 2.75) is 31.0 Å². The first-order valence-corrected chi connectivity index (χ1v) is 9.67. The molecule has 25 heavy (non-hydrogen) atoms. The van der Waals surface area contributed by atoms with Crippen molar-refractivity contribution in [2.75, 3.05) is 25.5 Å². The quantitative estimate of drug-likeness (QED) is 0.759. The van der Waals surface area contributed by atoms with Crippen LogP contribution in [0.25, 0.3) is 0 Å². The lowest BCUT2D eigenvalue weighted by Gasteiger charge is -2.39. The molecule has 1 fully saturated rings. The van der Waals surface area contributed by atoms with E-state index in [9.17, 15) is 26.7 Å². The van der Waals surface area contributed by atoms with Crippen LogP contribution in [0.3, 0.4) is 0 Å². The highest BCUT2D eigenvalue weighted by Crippen LogP contribution is 2.36. The van der Waals surface area contributed by atoms with Gasteiger partial charge in [-0.2, -0.15) is 13.2 Å². The molecule has 1 saturated heterocycles. The minimum Gasteiger partial charge on any atom is -0.383 e. The fourth-order valence-electron chi connectivity index (χ4n) is 2.93. The molecule has 0 spiro atoms. The van der Waals surface area contributed by atoms with Gasteiger partial charge in [0.05, 0.1) is 12.2 Å². The van der Waals surface area contributed by atoms with E-state index in [0.717, 1.165) is 0 Å². The van der Waals surface area contributed by atoms with Crippen molar-refractivity contribution >= 4 is 10.0 Å². The maximum Gasteiger partial charge on any atom is 0.390 e. The molecule has 2 rings (SSSR count). The lowest BCUT2D eigenvalue weighted by Crippen LogP contribution is -2.48. The van der Waals surface area contributed by atoms with Gasteiger partial charge in [0, 0.05) is 19.8 Å². The number of sulfonamides is 1. The molecule has 1 heterocycles. The molecular formula is C16H22F3NO4S. The average molecular weight is 381 g/mol. The maximum atomic E-state index is 12.3.